The monoisotopic (exact) mass is 258 g/mol. The summed E-state index contributed by atoms with van der Waals surface area (Å²) < 4.78 is 1.78. The topological polar surface area (TPSA) is 48.0 Å². The smallest absolute Gasteiger partial charge is 0.231 e. The summed E-state index contributed by atoms with van der Waals surface area (Å²) in [6, 6.07) is 8.02. The highest BCUT2D eigenvalue weighted by Gasteiger charge is 2.19. The molecular formula is C16H22N2O. The Labute approximate surface area is 114 Å². The number of carbonyl (C=O) groups is 1. The van der Waals surface area contributed by atoms with Crippen molar-refractivity contribution in [2.75, 3.05) is 6.54 Å². The van der Waals surface area contributed by atoms with Crippen molar-refractivity contribution in [3.05, 3.63) is 36.0 Å². The number of hydrogen-bond donors (Lipinski definition) is 1. The molecule has 1 aromatic carbocycles. The first-order chi connectivity index (χ1) is 8.92. The third kappa shape index (κ3) is 3.04. The molecule has 3 nitrogen and oxygen atoms in total. The molecule has 0 aliphatic heterocycles. The summed E-state index contributed by atoms with van der Waals surface area (Å²) in [5.74, 6) is 0.145. The van der Waals surface area contributed by atoms with Gasteiger partial charge in [0.2, 0.25) is 5.91 Å². The molecule has 0 amide bonds. The van der Waals surface area contributed by atoms with E-state index < -0.39 is 0 Å². The van der Waals surface area contributed by atoms with E-state index in [1.54, 1.807) is 4.57 Å². The van der Waals surface area contributed by atoms with Crippen LogP contribution in [0.3, 0.4) is 0 Å². The fourth-order valence-electron chi connectivity index (χ4n) is 2.35. The molecule has 0 unspecified atom stereocenters. The minimum Gasteiger partial charge on any atom is -0.330 e. The van der Waals surface area contributed by atoms with Gasteiger partial charge in [-0.2, -0.15) is 0 Å². The predicted octanol–water partition coefficient (Wildman–Crippen LogP) is 3.22. The second-order valence-corrected chi connectivity index (χ2v) is 6.21. The summed E-state index contributed by atoms with van der Waals surface area (Å²) in [5.41, 5.74) is 7.78. The highest BCUT2D eigenvalue weighted by atomic mass is 16.2. The largest absolute Gasteiger partial charge is 0.330 e. The van der Waals surface area contributed by atoms with E-state index in [-0.39, 0.29) is 11.3 Å². The average Bonchev–Trinajstić information content (AvgIpc) is 2.67. The molecule has 19 heavy (non-hydrogen) atoms. The van der Waals surface area contributed by atoms with Gasteiger partial charge in [0.25, 0.3) is 0 Å². The van der Waals surface area contributed by atoms with Gasteiger partial charge in [-0.3, -0.25) is 9.36 Å². The van der Waals surface area contributed by atoms with Crippen LogP contribution in [0, 0.1) is 5.41 Å². The number of nitrogens with two attached hydrogens (primary N) is 1. The van der Waals surface area contributed by atoms with Crippen LogP contribution < -0.4 is 5.73 Å². The lowest BCUT2D eigenvalue weighted by Crippen LogP contribution is -2.18. The number of aromatic nitrogens is 1. The number of carbonyl (C=O) groups excluding carboxylic acids is 1. The molecule has 2 rings (SSSR count). The molecule has 0 aliphatic rings. The van der Waals surface area contributed by atoms with E-state index in [0.717, 1.165) is 22.9 Å². The quantitative estimate of drug-likeness (QED) is 0.919. The average molecular weight is 258 g/mol. The first-order valence-corrected chi connectivity index (χ1v) is 6.74. The van der Waals surface area contributed by atoms with E-state index in [1.807, 2.05) is 24.4 Å². The van der Waals surface area contributed by atoms with Crippen LogP contribution in [0.15, 0.2) is 30.5 Å². The summed E-state index contributed by atoms with van der Waals surface area (Å²) >= 11 is 0. The molecule has 2 N–H and O–H groups in total. The van der Waals surface area contributed by atoms with Crippen molar-refractivity contribution in [2.45, 2.75) is 33.6 Å². The molecule has 0 spiro atoms. The van der Waals surface area contributed by atoms with Crippen LogP contribution in [0.25, 0.3) is 10.9 Å². The molecule has 0 atom stereocenters. The molecule has 0 aliphatic carbocycles. The van der Waals surface area contributed by atoms with Crippen LogP contribution in [0.4, 0.5) is 0 Å². The minimum atomic E-state index is -0.00348. The maximum Gasteiger partial charge on any atom is 0.231 e. The predicted molar refractivity (Wildman–Crippen MR) is 79.4 cm³/mol. The normalized spacial score (nSPS) is 12.0. The first kappa shape index (κ1) is 13.8. The maximum atomic E-state index is 12.4. The van der Waals surface area contributed by atoms with Crippen LogP contribution in [0.1, 0.15) is 37.6 Å². The van der Waals surface area contributed by atoms with Gasteiger partial charge in [0.1, 0.15) is 0 Å². The van der Waals surface area contributed by atoms with Crippen molar-refractivity contribution in [1.82, 2.24) is 4.57 Å². The molecule has 0 saturated heterocycles. The molecular weight excluding hydrogens is 236 g/mol. The molecule has 2 aromatic rings. The highest BCUT2D eigenvalue weighted by molar-refractivity contribution is 5.94. The SMILES string of the molecule is CC(C)(C)CC(=O)n1cc(CCN)c2ccccc21. The number of hydrogen-bond acceptors (Lipinski definition) is 2. The van der Waals surface area contributed by atoms with Gasteiger partial charge < -0.3 is 5.73 Å². The second-order valence-electron chi connectivity index (χ2n) is 6.21. The number of nitrogens with zero attached hydrogens (tertiary/aromatic N) is 1. The molecule has 1 heterocycles. The zero-order chi connectivity index (χ0) is 14.0. The van der Waals surface area contributed by atoms with Gasteiger partial charge in [0.05, 0.1) is 5.52 Å². The van der Waals surface area contributed by atoms with E-state index in [9.17, 15) is 4.79 Å². The number of para-hydroxylation sites is 1. The lowest BCUT2D eigenvalue weighted by atomic mass is 9.92. The molecule has 3 heteroatoms. The third-order valence-corrected chi connectivity index (χ3v) is 3.16. The van der Waals surface area contributed by atoms with Gasteiger partial charge in [-0.25, -0.2) is 0 Å². The lowest BCUT2D eigenvalue weighted by molar-refractivity contribution is 0.0862. The Morgan fingerprint density at radius 2 is 1.95 bits per heavy atom. The van der Waals surface area contributed by atoms with Crippen molar-refractivity contribution >= 4 is 16.8 Å². The third-order valence-electron chi connectivity index (χ3n) is 3.16. The molecule has 1 aromatic heterocycles. The minimum absolute atomic E-state index is 0.00348. The Morgan fingerprint density at radius 3 is 2.58 bits per heavy atom. The van der Waals surface area contributed by atoms with Gasteiger partial charge in [-0.05, 0) is 30.0 Å². The standard InChI is InChI=1S/C16H22N2O/c1-16(2,3)10-15(19)18-11-12(8-9-17)13-6-4-5-7-14(13)18/h4-7,11H,8-10,17H2,1-3H3. The first-order valence-electron chi connectivity index (χ1n) is 6.74. The van der Waals surface area contributed by atoms with Crippen LogP contribution in [-0.2, 0) is 6.42 Å². The molecule has 0 saturated carbocycles. The molecule has 0 bridgehead atoms. The Morgan fingerprint density at radius 1 is 1.26 bits per heavy atom. The summed E-state index contributed by atoms with van der Waals surface area (Å²) in [6.07, 6.45) is 3.29. The Balaban J connectivity index is 2.46. The molecule has 102 valence electrons. The van der Waals surface area contributed by atoms with Crippen LogP contribution in [-0.4, -0.2) is 17.0 Å². The van der Waals surface area contributed by atoms with Gasteiger partial charge >= 0.3 is 0 Å². The highest BCUT2D eigenvalue weighted by Crippen LogP contribution is 2.25. The lowest BCUT2D eigenvalue weighted by Gasteiger charge is -2.17. The zero-order valence-corrected chi connectivity index (χ0v) is 11.9. The van der Waals surface area contributed by atoms with Gasteiger partial charge in [-0.15, -0.1) is 0 Å². The number of fused-ring (bicyclic) bond motifs is 1. The van der Waals surface area contributed by atoms with Crippen LogP contribution >= 0.6 is 0 Å². The summed E-state index contributed by atoms with van der Waals surface area (Å²) in [7, 11) is 0. The van der Waals surface area contributed by atoms with Crippen LogP contribution in [0.5, 0.6) is 0 Å². The fraction of sp³-hybridized carbons (Fsp3) is 0.438. The summed E-state index contributed by atoms with van der Waals surface area (Å²) in [6.45, 7) is 6.84. The van der Waals surface area contributed by atoms with Gasteiger partial charge in [-0.1, -0.05) is 39.0 Å². The van der Waals surface area contributed by atoms with Crippen molar-refractivity contribution in [3.8, 4) is 0 Å². The van der Waals surface area contributed by atoms with Crippen molar-refractivity contribution in [3.63, 3.8) is 0 Å². The van der Waals surface area contributed by atoms with E-state index in [4.69, 9.17) is 5.73 Å². The maximum absolute atomic E-state index is 12.4. The Bertz CT molecular complexity index is 590. The Kier molecular flexibility index (Phi) is 3.76. The van der Waals surface area contributed by atoms with Gasteiger partial charge in [0, 0.05) is 18.0 Å². The van der Waals surface area contributed by atoms with E-state index in [0.29, 0.717) is 13.0 Å². The van der Waals surface area contributed by atoms with E-state index in [2.05, 4.69) is 26.8 Å². The molecule has 0 radical (unpaired) electrons. The number of rotatable bonds is 3. The Hall–Kier alpha value is -1.61. The second kappa shape index (κ2) is 5.17. The van der Waals surface area contributed by atoms with E-state index in [1.165, 1.54) is 0 Å². The van der Waals surface area contributed by atoms with Crippen molar-refractivity contribution < 1.29 is 4.79 Å². The molecule has 0 fully saturated rings. The number of benzene rings is 1. The fourth-order valence-corrected chi connectivity index (χ4v) is 2.35. The summed E-state index contributed by atoms with van der Waals surface area (Å²) in [5, 5.41) is 1.13. The van der Waals surface area contributed by atoms with Crippen molar-refractivity contribution in [2.24, 2.45) is 11.1 Å². The van der Waals surface area contributed by atoms with E-state index >= 15 is 0 Å². The zero-order valence-electron chi connectivity index (χ0n) is 11.9. The summed E-state index contributed by atoms with van der Waals surface area (Å²) in [4.78, 5) is 12.4. The van der Waals surface area contributed by atoms with Crippen LogP contribution in [0.2, 0.25) is 0 Å². The van der Waals surface area contributed by atoms with Gasteiger partial charge in [0.15, 0.2) is 0 Å². The van der Waals surface area contributed by atoms with Crippen molar-refractivity contribution in [1.29, 1.82) is 0 Å².